The van der Waals surface area contributed by atoms with Gasteiger partial charge in [-0.25, -0.2) is 0 Å². The number of hydrogen-bond donors (Lipinski definition) is 2. The Bertz CT molecular complexity index is 642. The number of rotatable bonds is 4. The Kier molecular flexibility index (Phi) is 8.29. The van der Waals surface area contributed by atoms with Crippen LogP contribution in [0.5, 0.6) is 0 Å². The molecule has 0 saturated heterocycles. The van der Waals surface area contributed by atoms with Gasteiger partial charge in [-0.2, -0.15) is 0 Å². The van der Waals surface area contributed by atoms with Gasteiger partial charge in [-0.15, -0.1) is 35.0 Å². The molecule has 0 fully saturated rings. The van der Waals surface area contributed by atoms with E-state index in [0.717, 1.165) is 35.8 Å². The van der Waals surface area contributed by atoms with E-state index < -0.39 is 0 Å². The summed E-state index contributed by atoms with van der Waals surface area (Å²) < 4.78 is 0. The molecule has 2 aromatic rings. The number of nitrogens with zero attached hydrogens (tertiary/aromatic N) is 2. The molecular weight excluding hydrogens is 375 g/mol. The van der Waals surface area contributed by atoms with E-state index in [-0.39, 0.29) is 24.8 Å². The lowest BCUT2D eigenvalue weighted by Gasteiger charge is -2.24. The Morgan fingerprint density at radius 3 is 2.61 bits per heavy atom. The number of hydrogen-bond acceptors (Lipinski definition) is 5. The van der Waals surface area contributed by atoms with Gasteiger partial charge >= 0.3 is 0 Å². The smallest absolute Gasteiger partial charge is 0.203 e. The Morgan fingerprint density at radius 2 is 1.96 bits per heavy atom. The molecule has 1 aromatic heterocycles. The fourth-order valence-corrected chi connectivity index (χ4v) is 3.29. The van der Waals surface area contributed by atoms with Crippen molar-refractivity contribution in [2.24, 2.45) is 0 Å². The van der Waals surface area contributed by atoms with E-state index in [4.69, 9.17) is 17.3 Å². The predicted molar refractivity (Wildman–Crippen MR) is 103 cm³/mol. The molecule has 1 unspecified atom stereocenters. The van der Waals surface area contributed by atoms with Crippen molar-refractivity contribution in [2.75, 3.05) is 12.3 Å². The molecule has 1 aromatic carbocycles. The number of aryl methyl sites for hydroxylation is 1. The molecule has 8 heteroatoms. The monoisotopic (exact) mass is 392 g/mol. The minimum Gasteiger partial charge on any atom is -0.374 e. The topological polar surface area (TPSA) is 63.8 Å². The maximum atomic E-state index is 5.95. The molecule has 0 amide bonds. The van der Waals surface area contributed by atoms with Crippen molar-refractivity contribution >= 4 is 58.5 Å². The molecule has 0 bridgehead atoms. The Morgan fingerprint density at radius 1 is 1.22 bits per heavy atom. The third-order valence-corrected chi connectivity index (χ3v) is 4.69. The average Bonchev–Trinajstić information content (AvgIpc) is 2.92. The summed E-state index contributed by atoms with van der Waals surface area (Å²) in [4.78, 5) is 0. The van der Waals surface area contributed by atoms with E-state index in [9.17, 15) is 0 Å². The van der Waals surface area contributed by atoms with Gasteiger partial charge in [-0.3, -0.25) is 0 Å². The van der Waals surface area contributed by atoms with Crippen molar-refractivity contribution in [3.8, 4) is 0 Å². The van der Waals surface area contributed by atoms with Gasteiger partial charge in [0.2, 0.25) is 5.13 Å². The molecule has 3 rings (SSSR count). The minimum atomic E-state index is 0. The summed E-state index contributed by atoms with van der Waals surface area (Å²) >= 11 is 7.42. The SMILES string of the molecule is Cl.Cl.Nc1nnc(CCC2CC(c3ccc(Cl)cc3)=CCN2)s1. The van der Waals surface area contributed by atoms with E-state index in [0.29, 0.717) is 11.2 Å². The second-order valence-corrected chi connectivity index (χ2v) is 6.65. The zero-order chi connectivity index (χ0) is 14.7. The molecule has 23 heavy (non-hydrogen) atoms. The Labute approximate surface area is 157 Å². The molecule has 2 heterocycles. The molecule has 0 aliphatic carbocycles. The minimum absolute atomic E-state index is 0. The number of nitrogen functional groups attached to an aromatic ring is 1. The maximum absolute atomic E-state index is 5.95. The lowest BCUT2D eigenvalue weighted by atomic mass is 9.93. The second-order valence-electron chi connectivity index (χ2n) is 5.12. The highest BCUT2D eigenvalue weighted by molar-refractivity contribution is 7.15. The standard InChI is InChI=1S/C15H17ClN4S.2ClH/c16-12-3-1-10(2-4-12)11-7-8-18-13(9-11)5-6-14-19-20-15(17)21-14;;/h1-4,7,13,18H,5-6,8-9H2,(H2,17,20);2*1H. The van der Waals surface area contributed by atoms with Crippen LogP contribution in [0.3, 0.4) is 0 Å². The third-order valence-electron chi connectivity index (χ3n) is 3.63. The van der Waals surface area contributed by atoms with Crippen LogP contribution in [0.25, 0.3) is 5.57 Å². The van der Waals surface area contributed by atoms with Gasteiger partial charge in [-0.1, -0.05) is 41.1 Å². The van der Waals surface area contributed by atoms with Crippen molar-refractivity contribution in [1.29, 1.82) is 0 Å². The number of halogens is 3. The molecule has 0 saturated carbocycles. The van der Waals surface area contributed by atoms with E-state index in [1.165, 1.54) is 22.5 Å². The third kappa shape index (κ3) is 5.62. The number of nitrogens with one attached hydrogen (secondary N) is 1. The zero-order valence-electron chi connectivity index (χ0n) is 12.4. The van der Waals surface area contributed by atoms with E-state index >= 15 is 0 Å². The van der Waals surface area contributed by atoms with E-state index in [2.05, 4.69) is 33.7 Å². The number of anilines is 1. The van der Waals surface area contributed by atoms with Gasteiger partial charge in [0.05, 0.1) is 0 Å². The van der Waals surface area contributed by atoms with Crippen LogP contribution in [0.15, 0.2) is 30.3 Å². The summed E-state index contributed by atoms with van der Waals surface area (Å²) in [7, 11) is 0. The van der Waals surface area contributed by atoms with Crippen LogP contribution in [0.4, 0.5) is 5.13 Å². The van der Waals surface area contributed by atoms with Crippen molar-refractivity contribution in [2.45, 2.75) is 25.3 Å². The van der Waals surface area contributed by atoms with Crippen LogP contribution in [0.1, 0.15) is 23.4 Å². The van der Waals surface area contributed by atoms with Crippen molar-refractivity contribution in [3.63, 3.8) is 0 Å². The van der Waals surface area contributed by atoms with Crippen LogP contribution in [0, 0.1) is 0 Å². The average molecular weight is 394 g/mol. The van der Waals surface area contributed by atoms with E-state index in [1.807, 2.05) is 12.1 Å². The molecule has 1 aliphatic heterocycles. The largest absolute Gasteiger partial charge is 0.374 e. The van der Waals surface area contributed by atoms with Gasteiger partial charge in [0.25, 0.3) is 0 Å². The van der Waals surface area contributed by atoms with Gasteiger partial charge < -0.3 is 11.1 Å². The van der Waals surface area contributed by atoms with Crippen LogP contribution in [0.2, 0.25) is 5.02 Å². The lowest BCUT2D eigenvalue weighted by Crippen LogP contribution is -2.33. The number of aromatic nitrogens is 2. The quantitative estimate of drug-likeness (QED) is 0.824. The first-order valence-electron chi connectivity index (χ1n) is 6.97. The van der Waals surface area contributed by atoms with Crippen LogP contribution in [-0.2, 0) is 6.42 Å². The van der Waals surface area contributed by atoms with Crippen LogP contribution in [-0.4, -0.2) is 22.8 Å². The van der Waals surface area contributed by atoms with Crippen molar-refractivity contribution < 1.29 is 0 Å². The summed E-state index contributed by atoms with van der Waals surface area (Å²) in [5.41, 5.74) is 8.24. The fraction of sp³-hybridized carbons (Fsp3) is 0.333. The predicted octanol–water partition coefficient (Wildman–Crippen LogP) is 4.00. The first-order valence-corrected chi connectivity index (χ1v) is 8.16. The summed E-state index contributed by atoms with van der Waals surface area (Å²) in [5, 5.41) is 13.8. The van der Waals surface area contributed by atoms with Crippen molar-refractivity contribution in [3.05, 3.63) is 45.9 Å². The highest BCUT2D eigenvalue weighted by atomic mass is 35.5. The molecule has 0 spiro atoms. The zero-order valence-corrected chi connectivity index (χ0v) is 15.6. The molecule has 3 N–H and O–H groups in total. The molecule has 126 valence electrons. The van der Waals surface area contributed by atoms with Gasteiger partial charge in [0, 0.05) is 24.0 Å². The summed E-state index contributed by atoms with van der Waals surface area (Å²) in [6.45, 7) is 0.904. The van der Waals surface area contributed by atoms with E-state index in [1.54, 1.807) is 0 Å². The first kappa shape index (κ1) is 20.2. The highest BCUT2D eigenvalue weighted by Crippen LogP contribution is 2.26. The van der Waals surface area contributed by atoms with Crippen LogP contribution >= 0.6 is 47.8 Å². The number of nitrogens with two attached hydrogens (primary N) is 1. The lowest BCUT2D eigenvalue weighted by molar-refractivity contribution is 0.500. The summed E-state index contributed by atoms with van der Waals surface area (Å²) in [5.74, 6) is 0. The second kappa shape index (κ2) is 9.45. The molecule has 4 nitrogen and oxygen atoms in total. The highest BCUT2D eigenvalue weighted by Gasteiger charge is 2.16. The normalized spacial score (nSPS) is 16.9. The fourth-order valence-electron chi connectivity index (χ4n) is 2.54. The maximum Gasteiger partial charge on any atom is 0.203 e. The molecule has 1 atom stereocenters. The van der Waals surface area contributed by atoms with Crippen LogP contribution < -0.4 is 11.1 Å². The molecule has 1 aliphatic rings. The number of benzene rings is 1. The first-order chi connectivity index (χ1) is 10.2. The summed E-state index contributed by atoms with van der Waals surface area (Å²) in [6.07, 6.45) is 5.23. The molecule has 0 radical (unpaired) electrons. The van der Waals surface area contributed by atoms with Crippen molar-refractivity contribution in [1.82, 2.24) is 15.5 Å². The van der Waals surface area contributed by atoms with Gasteiger partial charge in [0.15, 0.2) is 0 Å². The summed E-state index contributed by atoms with van der Waals surface area (Å²) in [6, 6.07) is 8.52. The Hall–Kier alpha value is -0.850. The van der Waals surface area contributed by atoms with Gasteiger partial charge in [0.1, 0.15) is 5.01 Å². The Balaban J connectivity index is 0.00000132. The van der Waals surface area contributed by atoms with Gasteiger partial charge in [-0.05, 0) is 36.1 Å². The molecular formula is C15H19Cl3N4S.